The first-order chi connectivity index (χ1) is 14.8. The van der Waals surface area contributed by atoms with Gasteiger partial charge in [-0.05, 0) is 25.5 Å². The van der Waals surface area contributed by atoms with Gasteiger partial charge in [-0.25, -0.2) is 0 Å². The summed E-state index contributed by atoms with van der Waals surface area (Å²) in [6.45, 7) is 6.04. The Bertz CT molecular complexity index is 1070. The number of carboxylic acid groups (broad SMARTS) is 1. The molecular formula is C20H22N4O5S2. The van der Waals surface area contributed by atoms with E-state index in [9.17, 15) is 19.6 Å². The molecule has 2 fully saturated rings. The molecule has 2 aliphatic rings. The number of carbonyl (C=O) groups excluding carboxylic acids is 1. The Morgan fingerprint density at radius 3 is 2.61 bits per heavy atom. The third kappa shape index (κ3) is 4.51. The maximum atomic E-state index is 12.9. The molecular weight excluding hydrogens is 440 g/mol. The molecule has 1 amide bonds. The number of anilines is 1. The molecule has 31 heavy (non-hydrogen) atoms. The van der Waals surface area contributed by atoms with Crippen molar-refractivity contribution in [3.63, 3.8) is 0 Å². The van der Waals surface area contributed by atoms with E-state index in [4.69, 9.17) is 22.1 Å². The maximum Gasteiger partial charge on any atom is 0.305 e. The lowest BCUT2D eigenvalue weighted by Crippen LogP contribution is -2.41. The van der Waals surface area contributed by atoms with Crippen molar-refractivity contribution in [1.29, 1.82) is 5.26 Å². The predicted octanol–water partition coefficient (Wildman–Crippen LogP) is 1.56. The van der Waals surface area contributed by atoms with Crippen LogP contribution in [0.4, 0.5) is 5.82 Å². The second-order valence-corrected chi connectivity index (χ2v) is 8.65. The summed E-state index contributed by atoms with van der Waals surface area (Å²) in [6, 6.07) is 2.00. The molecule has 2 aliphatic heterocycles. The Labute approximate surface area is 188 Å². The molecule has 0 aromatic carbocycles. The number of hydrogen-bond donors (Lipinski definition) is 1. The second kappa shape index (κ2) is 9.64. The number of nitriles is 1. The van der Waals surface area contributed by atoms with Gasteiger partial charge in [0.05, 0.1) is 24.5 Å². The normalized spacial score (nSPS) is 18.0. The molecule has 0 spiro atoms. The molecule has 2 saturated heterocycles. The number of carboxylic acids is 1. The number of pyridine rings is 1. The lowest BCUT2D eigenvalue weighted by atomic mass is 10.0. The second-order valence-electron chi connectivity index (χ2n) is 6.98. The van der Waals surface area contributed by atoms with Crippen molar-refractivity contribution in [3.05, 3.63) is 31.9 Å². The molecule has 1 aromatic heterocycles. The molecule has 9 nitrogen and oxygen atoms in total. The number of aromatic nitrogens is 1. The van der Waals surface area contributed by atoms with Gasteiger partial charge in [-0.2, -0.15) is 5.26 Å². The molecule has 0 saturated carbocycles. The lowest BCUT2D eigenvalue weighted by Gasteiger charge is -2.33. The van der Waals surface area contributed by atoms with E-state index in [0.29, 0.717) is 54.7 Å². The topological polar surface area (TPSA) is 116 Å². The van der Waals surface area contributed by atoms with Gasteiger partial charge >= 0.3 is 5.97 Å². The fourth-order valence-corrected chi connectivity index (χ4v) is 4.88. The van der Waals surface area contributed by atoms with E-state index in [1.807, 2.05) is 17.9 Å². The van der Waals surface area contributed by atoms with E-state index in [2.05, 4.69) is 0 Å². The average Bonchev–Trinajstić information content (AvgIpc) is 3.01. The third-order valence-corrected chi connectivity index (χ3v) is 6.55. The SMILES string of the molecule is CCn1c(N2CCOCC2)c(/C=C2\SC(=S)N(CCC(=O)O)C2=O)c(C)c(C#N)c1=O. The Kier molecular flexibility index (Phi) is 7.15. The minimum Gasteiger partial charge on any atom is -0.481 e. The summed E-state index contributed by atoms with van der Waals surface area (Å²) in [5.41, 5.74) is 0.773. The highest BCUT2D eigenvalue weighted by atomic mass is 32.2. The quantitative estimate of drug-likeness (QED) is 0.497. The van der Waals surface area contributed by atoms with E-state index in [0.717, 1.165) is 11.8 Å². The zero-order chi connectivity index (χ0) is 22.7. The predicted molar refractivity (Wildman–Crippen MR) is 121 cm³/mol. The number of aliphatic carboxylic acids is 1. The van der Waals surface area contributed by atoms with Crippen molar-refractivity contribution in [2.75, 3.05) is 37.7 Å². The van der Waals surface area contributed by atoms with Crippen LogP contribution in [-0.2, 0) is 20.9 Å². The maximum absolute atomic E-state index is 12.9. The molecule has 164 valence electrons. The zero-order valence-electron chi connectivity index (χ0n) is 17.2. The van der Waals surface area contributed by atoms with Gasteiger partial charge < -0.3 is 14.7 Å². The molecule has 3 rings (SSSR count). The molecule has 0 aliphatic carbocycles. The Morgan fingerprint density at radius 1 is 1.35 bits per heavy atom. The molecule has 0 unspecified atom stereocenters. The fourth-order valence-electron chi connectivity index (χ4n) is 3.58. The van der Waals surface area contributed by atoms with E-state index < -0.39 is 5.97 Å². The molecule has 11 heteroatoms. The molecule has 3 heterocycles. The number of thioether (sulfide) groups is 1. The Balaban J connectivity index is 2.15. The summed E-state index contributed by atoms with van der Waals surface area (Å²) >= 11 is 6.36. The first-order valence-electron chi connectivity index (χ1n) is 9.77. The van der Waals surface area contributed by atoms with Gasteiger partial charge in [-0.15, -0.1) is 0 Å². The van der Waals surface area contributed by atoms with Crippen molar-refractivity contribution < 1.29 is 19.4 Å². The Hall–Kier alpha value is -2.68. The molecule has 1 aromatic rings. The van der Waals surface area contributed by atoms with Gasteiger partial charge in [0, 0.05) is 31.7 Å². The minimum atomic E-state index is -1.02. The Morgan fingerprint density at radius 2 is 2.03 bits per heavy atom. The van der Waals surface area contributed by atoms with Crippen LogP contribution < -0.4 is 10.5 Å². The number of morpholine rings is 1. The number of ether oxygens (including phenoxy) is 1. The zero-order valence-corrected chi connectivity index (χ0v) is 18.8. The van der Waals surface area contributed by atoms with E-state index in [-0.39, 0.29) is 34.3 Å². The van der Waals surface area contributed by atoms with Crippen LogP contribution in [0.3, 0.4) is 0 Å². The molecule has 1 N–H and O–H groups in total. The number of amides is 1. The summed E-state index contributed by atoms with van der Waals surface area (Å²) in [4.78, 5) is 40.3. The van der Waals surface area contributed by atoms with E-state index in [1.165, 1.54) is 4.90 Å². The fraction of sp³-hybridized carbons (Fsp3) is 0.450. The van der Waals surface area contributed by atoms with Crippen LogP contribution in [0.5, 0.6) is 0 Å². The lowest BCUT2D eigenvalue weighted by molar-refractivity contribution is -0.137. The van der Waals surface area contributed by atoms with Crippen molar-refractivity contribution in [2.45, 2.75) is 26.8 Å². The van der Waals surface area contributed by atoms with Crippen molar-refractivity contribution in [3.8, 4) is 6.07 Å². The van der Waals surface area contributed by atoms with Gasteiger partial charge in [0.2, 0.25) is 0 Å². The largest absolute Gasteiger partial charge is 0.481 e. The number of nitrogens with zero attached hydrogens (tertiary/aromatic N) is 4. The highest BCUT2D eigenvalue weighted by Crippen LogP contribution is 2.36. The number of carbonyl (C=O) groups is 2. The highest BCUT2D eigenvalue weighted by Gasteiger charge is 2.33. The molecule has 0 radical (unpaired) electrons. The summed E-state index contributed by atoms with van der Waals surface area (Å²) < 4.78 is 7.27. The minimum absolute atomic E-state index is 0.00938. The summed E-state index contributed by atoms with van der Waals surface area (Å²) in [5.74, 6) is -0.753. The standard InChI is InChI=1S/C20H22N4O5S2/c1-3-23-17(22-6-8-29-9-7-22)13(12(2)14(11-21)18(23)27)10-15-19(28)24(20(30)31-15)5-4-16(25)26/h10H,3-9H2,1-2H3,(H,25,26)/b15-10-. The first-order valence-corrected chi connectivity index (χ1v) is 11.0. The summed E-state index contributed by atoms with van der Waals surface area (Å²) in [7, 11) is 0. The van der Waals surface area contributed by atoms with Crippen LogP contribution in [0.2, 0.25) is 0 Å². The summed E-state index contributed by atoms with van der Waals surface area (Å²) in [5, 5.41) is 18.5. The third-order valence-electron chi connectivity index (χ3n) is 5.17. The van der Waals surface area contributed by atoms with Crippen LogP contribution in [0.15, 0.2) is 9.70 Å². The van der Waals surface area contributed by atoms with Crippen molar-refractivity contribution >= 4 is 52.1 Å². The van der Waals surface area contributed by atoms with Crippen molar-refractivity contribution in [1.82, 2.24) is 9.47 Å². The van der Waals surface area contributed by atoms with Gasteiger partial charge in [-0.1, -0.05) is 24.0 Å². The van der Waals surface area contributed by atoms with Crippen LogP contribution in [0.1, 0.15) is 30.0 Å². The number of hydrogen-bond acceptors (Lipinski definition) is 8. The average molecular weight is 463 g/mol. The van der Waals surface area contributed by atoms with Gasteiger partial charge in [-0.3, -0.25) is 23.9 Å². The van der Waals surface area contributed by atoms with Gasteiger partial charge in [0.15, 0.2) is 0 Å². The first kappa shape index (κ1) is 23.0. The number of rotatable bonds is 6. The van der Waals surface area contributed by atoms with E-state index in [1.54, 1.807) is 17.6 Å². The molecule has 0 bridgehead atoms. The monoisotopic (exact) mass is 462 g/mol. The van der Waals surface area contributed by atoms with Crippen LogP contribution >= 0.6 is 24.0 Å². The number of thiocarbonyl (C=S) groups is 1. The van der Waals surface area contributed by atoms with Crippen LogP contribution in [0, 0.1) is 18.3 Å². The summed E-state index contributed by atoms with van der Waals surface area (Å²) in [6.07, 6.45) is 1.45. The van der Waals surface area contributed by atoms with E-state index >= 15 is 0 Å². The van der Waals surface area contributed by atoms with Crippen LogP contribution in [-0.4, -0.2) is 63.6 Å². The smallest absolute Gasteiger partial charge is 0.305 e. The van der Waals surface area contributed by atoms with Gasteiger partial charge in [0.1, 0.15) is 21.8 Å². The van der Waals surface area contributed by atoms with Crippen molar-refractivity contribution in [2.24, 2.45) is 0 Å². The molecule has 0 atom stereocenters. The highest BCUT2D eigenvalue weighted by molar-refractivity contribution is 8.26. The van der Waals surface area contributed by atoms with Crippen LogP contribution in [0.25, 0.3) is 6.08 Å². The van der Waals surface area contributed by atoms with Gasteiger partial charge in [0.25, 0.3) is 11.5 Å².